The van der Waals surface area contributed by atoms with Crippen molar-refractivity contribution in [3.8, 4) is 0 Å². The second-order valence-corrected chi connectivity index (χ2v) is 4.46. The third-order valence-electron chi connectivity index (χ3n) is 1.64. The first-order valence-corrected chi connectivity index (χ1v) is 5.35. The fourth-order valence-electron chi connectivity index (χ4n) is 0.922. The molecule has 13 heavy (non-hydrogen) atoms. The van der Waals surface area contributed by atoms with Crippen molar-refractivity contribution in [2.24, 2.45) is 0 Å². The lowest BCUT2D eigenvalue weighted by Gasteiger charge is -2.02. The van der Waals surface area contributed by atoms with Gasteiger partial charge in [-0.2, -0.15) is 0 Å². The molecule has 0 spiro atoms. The summed E-state index contributed by atoms with van der Waals surface area (Å²) in [6, 6.07) is 8.47. The van der Waals surface area contributed by atoms with Crippen molar-refractivity contribution in [2.75, 3.05) is 0 Å². The second-order valence-electron chi connectivity index (χ2n) is 2.74. The summed E-state index contributed by atoms with van der Waals surface area (Å²) in [5.74, 6) is 0. The first kappa shape index (κ1) is 10.2. The molecule has 1 aromatic carbocycles. The van der Waals surface area contributed by atoms with Crippen molar-refractivity contribution in [1.82, 2.24) is 0 Å². The van der Waals surface area contributed by atoms with Crippen LogP contribution in [0.2, 0.25) is 0 Å². The lowest BCUT2D eigenvalue weighted by Crippen LogP contribution is -2.15. The highest BCUT2D eigenvalue weighted by Gasteiger charge is 2.17. The fraction of sp³-hybridized carbons (Fsp3) is 0.222. The highest BCUT2D eigenvalue weighted by molar-refractivity contribution is 7.71. The zero-order chi connectivity index (χ0) is 9.84. The van der Waals surface area contributed by atoms with E-state index in [2.05, 4.69) is 0 Å². The van der Waals surface area contributed by atoms with Gasteiger partial charge < -0.3 is 9.67 Å². The van der Waals surface area contributed by atoms with Gasteiger partial charge in [0, 0.05) is 5.30 Å². The molecule has 0 radical (unpaired) electrons. The maximum absolute atomic E-state index is 11.5. The van der Waals surface area contributed by atoms with Crippen molar-refractivity contribution in [1.29, 1.82) is 0 Å². The van der Waals surface area contributed by atoms with Crippen molar-refractivity contribution in [3.05, 3.63) is 30.3 Å². The zero-order valence-electron chi connectivity index (χ0n) is 7.23. The maximum Gasteiger partial charge on any atom is 0.220 e. The van der Waals surface area contributed by atoms with Gasteiger partial charge in [0.1, 0.15) is 6.10 Å². The maximum atomic E-state index is 11.5. The highest BCUT2D eigenvalue weighted by Crippen LogP contribution is 2.22. The van der Waals surface area contributed by atoms with Crippen LogP contribution in [-0.4, -0.2) is 16.7 Å². The van der Waals surface area contributed by atoms with E-state index >= 15 is 0 Å². The first-order valence-electron chi connectivity index (χ1n) is 3.94. The number of aliphatic hydroxyl groups is 1. The average Bonchev–Trinajstić information content (AvgIpc) is 2.17. The Morgan fingerprint density at radius 1 is 1.38 bits per heavy atom. The molecule has 0 aliphatic rings. The highest BCUT2D eigenvalue weighted by atomic mass is 31.1. The Morgan fingerprint density at radius 3 is 2.38 bits per heavy atom. The summed E-state index contributed by atoms with van der Waals surface area (Å²) in [6.45, 7) is 1.33. The Labute approximate surface area is 77.2 Å². The Kier molecular flexibility index (Phi) is 3.40. The summed E-state index contributed by atoms with van der Waals surface area (Å²) in [5, 5.41) is 9.43. The average molecular weight is 198 g/mol. The van der Waals surface area contributed by atoms with Crippen LogP contribution in [-0.2, 0) is 9.36 Å². The van der Waals surface area contributed by atoms with Gasteiger partial charge in [-0.3, -0.25) is 4.79 Å². The molecule has 0 heterocycles. The number of hydrogen-bond acceptors (Lipinski definition) is 3. The quantitative estimate of drug-likeness (QED) is 0.730. The number of benzene rings is 1. The van der Waals surface area contributed by atoms with E-state index in [9.17, 15) is 9.36 Å². The van der Waals surface area contributed by atoms with Gasteiger partial charge in [-0.15, -0.1) is 0 Å². The molecule has 0 aliphatic heterocycles. The van der Waals surface area contributed by atoms with Crippen molar-refractivity contribution in [2.45, 2.75) is 13.0 Å². The molecule has 0 aromatic heterocycles. The molecule has 2 atom stereocenters. The van der Waals surface area contributed by atoms with Crippen LogP contribution in [0.5, 0.6) is 0 Å². The molecule has 3 nitrogen and oxygen atoms in total. The summed E-state index contributed by atoms with van der Waals surface area (Å²) >= 11 is 0. The van der Waals surface area contributed by atoms with Crippen LogP contribution < -0.4 is 5.30 Å². The normalized spacial score (nSPS) is 14.9. The molecule has 1 N–H and O–H groups in total. The molecule has 0 bridgehead atoms. The lowest BCUT2D eigenvalue weighted by molar-refractivity contribution is -0.118. The minimum Gasteiger partial charge on any atom is -0.385 e. The van der Waals surface area contributed by atoms with E-state index in [1.54, 1.807) is 30.3 Å². The molecule has 2 unspecified atom stereocenters. The van der Waals surface area contributed by atoms with Crippen LogP contribution in [0, 0.1) is 0 Å². The summed E-state index contributed by atoms with van der Waals surface area (Å²) in [4.78, 5) is 11.1. The van der Waals surface area contributed by atoms with Crippen LogP contribution in [0.4, 0.5) is 0 Å². The molecule has 4 heteroatoms. The second kappa shape index (κ2) is 4.35. The minimum atomic E-state index is -2.48. The predicted molar refractivity (Wildman–Crippen MR) is 51.8 cm³/mol. The fourth-order valence-corrected chi connectivity index (χ4v) is 2.08. The van der Waals surface area contributed by atoms with Crippen LogP contribution in [0.15, 0.2) is 30.3 Å². The van der Waals surface area contributed by atoms with Crippen molar-refractivity contribution < 1.29 is 14.5 Å². The monoisotopic (exact) mass is 198 g/mol. The number of hydrogen-bond donors (Lipinski definition) is 1. The molecule has 0 amide bonds. The topological polar surface area (TPSA) is 54.4 Å². The number of rotatable bonds is 3. The Bertz CT molecular complexity index is 319. The molecule has 1 aromatic rings. The third kappa shape index (κ3) is 2.51. The minimum absolute atomic E-state index is 0.499. The van der Waals surface area contributed by atoms with Crippen molar-refractivity contribution in [3.63, 3.8) is 0 Å². The van der Waals surface area contributed by atoms with Crippen LogP contribution >= 0.6 is 7.80 Å². The standard InChI is InChI=1S/C9H11O3P/c1-7(10)9(11)13(12)8-5-3-2-4-6-8/h2-7,10,13H,1H3. The summed E-state index contributed by atoms with van der Waals surface area (Å²) in [7, 11) is -2.48. The van der Waals surface area contributed by atoms with E-state index in [-0.39, 0.29) is 0 Å². The van der Waals surface area contributed by atoms with Gasteiger partial charge in [0.2, 0.25) is 5.52 Å². The summed E-state index contributed by atoms with van der Waals surface area (Å²) in [6.07, 6.45) is -1.15. The Balaban J connectivity index is 2.87. The molecule has 0 saturated carbocycles. The molecular formula is C9H11O3P. The molecule has 1 rings (SSSR count). The molecule has 0 fully saturated rings. The Morgan fingerprint density at radius 2 is 1.92 bits per heavy atom. The van der Waals surface area contributed by atoms with Gasteiger partial charge in [0.15, 0.2) is 7.80 Å². The molecule has 0 saturated heterocycles. The van der Waals surface area contributed by atoms with Gasteiger partial charge in [-0.1, -0.05) is 30.3 Å². The largest absolute Gasteiger partial charge is 0.385 e. The van der Waals surface area contributed by atoms with E-state index in [1.165, 1.54) is 6.92 Å². The lowest BCUT2D eigenvalue weighted by atomic mass is 10.4. The van der Waals surface area contributed by atoms with E-state index in [0.29, 0.717) is 5.30 Å². The number of aliphatic hydroxyl groups excluding tert-OH is 1. The molecule has 0 aliphatic carbocycles. The summed E-state index contributed by atoms with van der Waals surface area (Å²) < 4.78 is 11.5. The molecular weight excluding hydrogens is 187 g/mol. The van der Waals surface area contributed by atoms with E-state index in [1.807, 2.05) is 0 Å². The van der Waals surface area contributed by atoms with E-state index in [4.69, 9.17) is 5.11 Å². The van der Waals surface area contributed by atoms with Crippen LogP contribution in [0.25, 0.3) is 0 Å². The van der Waals surface area contributed by atoms with Gasteiger partial charge in [0.05, 0.1) is 0 Å². The number of carbonyl (C=O) groups excluding carboxylic acids is 1. The van der Waals surface area contributed by atoms with Gasteiger partial charge >= 0.3 is 0 Å². The van der Waals surface area contributed by atoms with Crippen LogP contribution in [0.1, 0.15) is 6.92 Å². The Hall–Kier alpha value is -0.920. The summed E-state index contributed by atoms with van der Waals surface area (Å²) in [5.41, 5.74) is -0.587. The third-order valence-corrected chi connectivity index (χ3v) is 3.36. The van der Waals surface area contributed by atoms with E-state index < -0.39 is 19.4 Å². The zero-order valence-corrected chi connectivity index (χ0v) is 8.23. The predicted octanol–water partition coefficient (Wildman–Crippen LogP) is 0.779. The molecule has 70 valence electrons. The smallest absolute Gasteiger partial charge is 0.220 e. The van der Waals surface area contributed by atoms with Gasteiger partial charge in [0.25, 0.3) is 0 Å². The van der Waals surface area contributed by atoms with Gasteiger partial charge in [-0.25, -0.2) is 0 Å². The SMILES string of the molecule is CC(O)C(=O)[PH](=O)c1ccccc1. The number of carbonyl (C=O) groups is 1. The first-order chi connectivity index (χ1) is 6.13. The van der Waals surface area contributed by atoms with Crippen LogP contribution in [0.3, 0.4) is 0 Å². The van der Waals surface area contributed by atoms with Gasteiger partial charge in [-0.05, 0) is 6.92 Å². The van der Waals surface area contributed by atoms with E-state index in [0.717, 1.165) is 0 Å². The van der Waals surface area contributed by atoms with Crippen molar-refractivity contribution >= 4 is 18.6 Å².